The van der Waals surface area contributed by atoms with Gasteiger partial charge in [0.1, 0.15) is 6.04 Å². The SMILES string of the molecule is C=CC([O-])=NC(CC(C)C)C(=O)O.[Na+]. The number of hydrogen-bond acceptors (Lipinski definition) is 3. The van der Waals surface area contributed by atoms with Gasteiger partial charge in [0, 0.05) is 0 Å². The first-order valence-corrected chi connectivity index (χ1v) is 4.07. The number of hydrogen-bond donors (Lipinski definition) is 1. The Balaban J connectivity index is 0. The number of carboxylic acids is 1. The molecule has 0 bridgehead atoms. The van der Waals surface area contributed by atoms with Crippen molar-refractivity contribution in [3.8, 4) is 0 Å². The Labute approximate surface area is 106 Å². The molecule has 0 saturated heterocycles. The van der Waals surface area contributed by atoms with Crippen LogP contribution in [0.5, 0.6) is 0 Å². The van der Waals surface area contributed by atoms with Gasteiger partial charge in [0.2, 0.25) is 0 Å². The van der Waals surface area contributed by atoms with Crippen LogP contribution < -0.4 is 34.7 Å². The van der Waals surface area contributed by atoms with Crippen LogP contribution in [0.3, 0.4) is 0 Å². The molecule has 0 heterocycles. The minimum absolute atomic E-state index is 0. The van der Waals surface area contributed by atoms with E-state index < -0.39 is 17.9 Å². The van der Waals surface area contributed by atoms with Crippen molar-refractivity contribution in [2.24, 2.45) is 10.9 Å². The molecule has 0 fully saturated rings. The molecule has 0 aromatic heterocycles. The molecule has 0 saturated carbocycles. The molecule has 0 spiro atoms. The monoisotopic (exact) mass is 207 g/mol. The van der Waals surface area contributed by atoms with Crippen molar-refractivity contribution < 1.29 is 44.6 Å². The van der Waals surface area contributed by atoms with E-state index in [0.717, 1.165) is 6.08 Å². The van der Waals surface area contributed by atoms with E-state index in [2.05, 4.69) is 11.6 Å². The molecule has 0 rings (SSSR count). The minimum atomic E-state index is -1.07. The molecule has 1 N–H and O–H groups in total. The summed E-state index contributed by atoms with van der Waals surface area (Å²) < 4.78 is 0. The summed E-state index contributed by atoms with van der Waals surface area (Å²) in [7, 11) is 0. The second-order valence-electron chi connectivity index (χ2n) is 3.16. The minimum Gasteiger partial charge on any atom is -0.859 e. The predicted molar refractivity (Wildman–Crippen MR) is 48.5 cm³/mol. The van der Waals surface area contributed by atoms with Crippen LogP contribution >= 0.6 is 0 Å². The Morgan fingerprint density at radius 1 is 1.64 bits per heavy atom. The van der Waals surface area contributed by atoms with Crippen molar-refractivity contribution in [2.75, 3.05) is 0 Å². The summed E-state index contributed by atoms with van der Waals surface area (Å²) in [5, 5.41) is 19.4. The fourth-order valence-electron chi connectivity index (χ4n) is 0.862. The second kappa shape index (κ2) is 8.03. The molecule has 0 amide bonds. The van der Waals surface area contributed by atoms with Gasteiger partial charge in [-0.1, -0.05) is 26.5 Å². The van der Waals surface area contributed by atoms with Crippen LogP contribution in [-0.2, 0) is 4.79 Å². The van der Waals surface area contributed by atoms with Crippen LogP contribution in [0.15, 0.2) is 17.6 Å². The third kappa shape index (κ3) is 7.12. The standard InChI is InChI=1S/C9H15NO3.Na/c1-4-8(11)10-7(9(12)13)5-6(2)3;/h4,6-7H,1,5H2,2-3H3,(H,10,11)(H,12,13);/q;+1/p-1. The average Bonchev–Trinajstić information content (AvgIpc) is 2.02. The summed E-state index contributed by atoms with van der Waals surface area (Å²) >= 11 is 0. The Hall–Kier alpha value is -0.320. The quantitative estimate of drug-likeness (QED) is 0.306. The molecule has 0 radical (unpaired) electrons. The summed E-state index contributed by atoms with van der Waals surface area (Å²) in [5.74, 6) is -1.44. The number of aliphatic carboxylic acids is 1. The summed E-state index contributed by atoms with van der Waals surface area (Å²) in [6.07, 6.45) is 1.38. The topological polar surface area (TPSA) is 72.7 Å². The van der Waals surface area contributed by atoms with E-state index in [4.69, 9.17) is 5.11 Å². The number of carbonyl (C=O) groups is 1. The number of rotatable bonds is 5. The van der Waals surface area contributed by atoms with Crippen LogP contribution in [-0.4, -0.2) is 23.0 Å². The van der Waals surface area contributed by atoms with E-state index in [1.807, 2.05) is 13.8 Å². The van der Waals surface area contributed by atoms with Gasteiger partial charge in [0.05, 0.1) is 0 Å². The fourth-order valence-corrected chi connectivity index (χ4v) is 0.862. The first kappa shape index (κ1) is 16.1. The molecular weight excluding hydrogens is 193 g/mol. The van der Waals surface area contributed by atoms with Gasteiger partial charge in [-0.25, -0.2) is 4.79 Å². The Morgan fingerprint density at radius 3 is 2.43 bits per heavy atom. The fraction of sp³-hybridized carbons (Fsp3) is 0.556. The normalized spacial score (nSPS) is 13.2. The largest absolute Gasteiger partial charge is 1.00 e. The summed E-state index contributed by atoms with van der Waals surface area (Å²) in [4.78, 5) is 14.1. The Morgan fingerprint density at radius 2 is 2.14 bits per heavy atom. The van der Waals surface area contributed by atoms with Crippen molar-refractivity contribution in [3.05, 3.63) is 12.7 Å². The third-order valence-corrected chi connectivity index (χ3v) is 1.44. The molecule has 1 atom stereocenters. The van der Waals surface area contributed by atoms with Crippen molar-refractivity contribution in [3.63, 3.8) is 0 Å². The van der Waals surface area contributed by atoms with Crippen LogP contribution in [0.2, 0.25) is 0 Å². The van der Waals surface area contributed by atoms with E-state index in [9.17, 15) is 9.90 Å². The van der Waals surface area contributed by atoms with E-state index in [1.165, 1.54) is 0 Å². The number of carboxylic acid groups (broad SMARTS) is 1. The maximum absolute atomic E-state index is 10.8. The van der Waals surface area contributed by atoms with Gasteiger partial charge in [-0.15, -0.1) is 0 Å². The van der Waals surface area contributed by atoms with Gasteiger partial charge in [0.15, 0.2) is 0 Å². The van der Waals surface area contributed by atoms with Crippen molar-refractivity contribution >= 4 is 11.9 Å². The zero-order chi connectivity index (χ0) is 10.4. The van der Waals surface area contributed by atoms with Crippen LogP contribution in [0, 0.1) is 5.92 Å². The van der Waals surface area contributed by atoms with Crippen LogP contribution in [0.25, 0.3) is 0 Å². The van der Waals surface area contributed by atoms with Gasteiger partial charge >= 0.3 is 35.5 Å². The Kier molecular flexibility index (Phi) is 9.24. The van der Waals surface area contributed by atoms with Crippen molar-refractivity contribution in [2.45, 2.75) is 26.3 Å². The van der Waals surface area contributed by atoms with E-state index in [0.29, 0.717) is 6.42 Å². The molecule has 5 heteroatoms. The van der Waals surface area contributed by atoms with Gasteiger partial charge in [0.25, 0.3) is 0 Å². The van der Waals surface area contributed by atoms with Crippen LogP contribution in [0.4, 0.5) is 0 Å². The van der Waals surface area contributed by atoms with E-state index in [-0.39, 0.29) is 35.5 Å². The van der Waals surface area contributed by atoms with Gasteiger partial charge in [-0.3, -0.25) is 4.99 Å². The first-order chi connectivity index (χ1) is 5.97. The van der Waals surface area contributed by atoms with E-state index >= 15 is 0 Å². The third-order valence-electron chi connectivity index (χ3n) is 1.44. The molecule has 4 nitrogen and oxygen atoms in total. The molecule has 74 valence electrons. The second-order valence-corrected chi connectivity index (χ2v) is 3.16. The summed E-state index contributed by atoms with van der Waals surface area (Å²) in [6.45, 7) is 6.97. The predicted octanol–water partition coefficient (Wildman–Crippen LogP) is -2.57. The maximum atomic E-state index is 10.8. The van der Waals surface area contributed by atoms with E-state index in [1.54, 1.807) is 0 Å². The molecule has 0 aromatic rings. The molecule has 14 heavy (non-hydrogen) atoms. The van der Waals surface area contributed by atoms with Gasteiger partial charge in [-0.05, 0) is 18.2 Å². The molecule has 0 aromatic carbocycles. The average molecular weight is 207 g/mol. The smallest absolute Gasteiger partial charge is 0.859 e. The molecule has 0 aliphatic heterocycles. The molecule has 1 unspecified atom stereocenters. The first-order valence-electron chi connectivity index (χ1n) is 4.07. The number of aliphatic imine (C=N–C) groups is 1. The summed E-state index contributed by atoms with van der Waals surface area (Å²) in [5.41, 5.74) is 0. The molecular formula is C9H14NNaO3. The van der Waals surface area contributed by atoms with Gasteiger partial charge < -0.3 is 10.2 Å². The zero-order valence-corrected chi connectivity index (χ0v) is 10.9. The van der Waals surface area contributed by atoms with Crippen molar-refractivity contribution in [1.82, 2.24) is 0 Å². The number of nitrogens with zero attached hydrogens (tertiary/aromatic N) is 1. The molecule has 0 aliphatic carbocycles. The zero-order valence-electron chi connectivity index (χ0n) is 8.86. The summed E-state index contributed by atoms with van der Waals surface area (Å²) in [6, 6.07) is -0.939. The van der Waals surface area contributed by atoms with Crippen LogP contribution in [0.1, 0.15) is 20.3 Å². The van der Waals surface area contributed by atoms with Crippen molar-refractivity contribution in [1.29, 1.82) is 0 Å². The molecule has 0 aliphatic rings. The maximum Gasteiger partial charge on any atom is 1.00 e. The van der Waals surface area contributed by atoms with Gasteiger partial charge in [-0.2, -0.15) is 0 Å². The Bertz CT molecular complexity index is 226.